The molecular formula is C21H18O3. The minimum absolute atomic E-state index is 0.321. The Kier molecular flexibility index (Phi) is 3.14. The summed E-state index contributed by atoms with van der Waals surface area (Å²) in [5, 5.41) is 0.931. The van der Waals surface area contributed by atoms with Gasteiger partial charge in [-0.2, -0.15) is 0 Å². The van der Waals surface area contributed by atoms with Gasteiger partial charge in [-0.15, -0.1) is 0 Å². The first-order valence-electron chi connectivity index (χ1n) is 8.00. The third-order valence-electron chi connectivity index (χ3n) is 4.42. The molecule has 0 unspecified atom stereocenters. The summed E-state index contributed by atoms with van der Waals surface area (Å²) in [6.45, 7) is 5.96. The topological polar surface area (TPSA) is 39.4 Å². The monoisotopic (exact) mass is 318 g/mol. The Labute approximate surface area is 140 Å². The van der Waals surface area contributed by atoms with Crippen LogP contribution in [0, 0.1) is 6.92 Å². The Morgan fingerprint density at radius 2 is 1.75 bits per heavy atom. The lowest BCUT2D eigenvalue weighted by molar-refractivity contribution is 0.159. The van der Waals surface area contributed by atoms with Gasteiger partial charge in [-0.3, -0.25) is 0 Å². The van der Waals surface area contributed by atoms with Gasteiger partial charge in [-0.1, -0.05) is 30.3 Å². The predicted molar refractivity (Wildman–Crippen MR) is 96.4 cm³/mol. The van der Waals surface area contributed by atoms with Crippen LogP contribution in [0.15, 0.2) is 57.8 Å². The maximum Gasteiger partial charge on any atom is 0.344 e. The van der Waals surface area contributed by atoms with Crippen LogP contribution in [0.4, 0.5) is 0 Å². The van der Waals surface area contributed by atoms with Crippen molar-refractivity contribution in [1.29, 1.82) is 0 Å². The molecule has 120 valence electrons. The van der Waals surface area contributed by atoms with Crippen LogP contribution < -0.4 is 10.4 Å². The maximum absolute atomic E-state index is 12.6. The van der Waals surface area contributed by atoms with Crippen molar-refractivity contribution in [3.05, 3.63) is 70.1 Å². The molecule has 1 aromatic heterocycles. The number of aryl methyl sites for hydroxylation is 1. The molecule has 3 heteroatoms. The minimum atomic E-state index is -0.361. The van der Waals surface area contributed by atoms with E-state index in [2.05, 4.69) is 0 Å². The molecule has 0 atom stereocenters. The summed E-state index contributed by atoms with van der Waals surface area (Å²) in [6.07, 6.45) is 3.96. The van der Waals surface area contributed by atoms with Crippen LogP contribution in [0.25, 0.3) is 28.2 Å². The smallest absolute Gasteiger partial charge is 0.344 e. The van der Waals surface area contributed by atoms with E-state index in [0.29, 0.717) is 11.1 Å². The Balaban J connectivity index is 2.02. The summed E-state index contributed by atoms with van der Waals surface area (Å²) in [4.78, 5) is 12.6. The second-order valence-electron chi connectivity index (χ2n) is 6.65. The van der Waals surface area contributed by atoms with Crippen LogP contribution in [-0.4, -0.2) is 5.60 Å². The van der Waals surface area contributed by atoms with E-state index < -0.39 is 0 Å². The lowest BCUT2D eigenvalue weighted by Crippen LogP contribution is -2.27. The number of ether oxygens (including phenoxy) is 1. The second kappa shape index (κ2) is 5.10. The van der Waals surface area contributed by atoms with E-state index in [0.717, 1.165) is 27.8 Å². The molecule has 2 heterocycles. The third kappa shape index (κ3) is 2.24. The van der Waals surface area contributed by atoms with Crippen LogP contribution >= 0.6 is 0 Å². The van der Waals surface area contributed by atoms with Gasteiger partial charge in [0, 0.05) is 5.39 Å². The molecule has 0 aliphatic carbocycles. The maximum atomic E-state index is 12.6. The minimum Gasteiger partial charge on any atom is -0.483 e. The molecule has 0 N–H and O–H groups in total. The van der Waals surface area contributed by atoms with Gasteiger partial charge in [0.05, 0.1) is 11.1 Å². The molecule has 4 rings (SSSR count). The van der Waals surface area contributed by atoms with E-state index in [1.807, 2.05) is 75.4 Å². The normalized spacial score (nSPS) is 15.1. The van der Waals surface area contributed by atoms with Crippen molar-refractivity contribution in [2.24, 2.45) is 0 Å². The highest BCUT2D eigenvalue weighted by Gasteiger charge is 2.25. The molecule has 0 amide bonds. The van der Waals surface area contributed by atoms with Gasteiger partial charge in [0.2, 0.25) is 0 Å². The Morgan fingerprint density at radius 3 is 2.50 bits per heavy atom. The summed E-state index contributed by atoms with van der Waals surface area (Å²) in [5.74, 6) is 0.741. The number of hydrogen-bond donors (Lipinski definition) is 0. The van der Waals surface area contributed by atoms with Crippen LogP contribution in [0.2, 0.25) is 0 Å². The highest BCUT2D eigenvalue weighted by molar-refractivity contribution is 5.94. The molecule has 1 aliphatic rings. The molecule has 0 saturated carbocycles. The van der Waals surface area contributed by atoms with E-state index in [9.17, 15) is 4.79 Å². The SMILES string of the molecule is Cc1c(-c2ccccc2)c(=O)oc2c3c(ccc12)OC(C)(C)C=C3. The van der Waals surface area contributed by atoms with E-state index in [1.165, 1.54) is 0 Å². The molecule has 0 bridgehead atoms. The molecule has 0 radical (unpaired) electrons. The number of benzene rings is 2. The standard InChI is InChI=1S/C21H18O3/c1-13-15-9-10-17-16(11-12-21(2,3)24-17)19(15)23-20(22)18(13)14-7-5-4-6-8-14/h4-12H,1-3H3. The first-order chi connectivity index (χ1) is 11.5. The van der Waals surface area contributed by atoms with Gasteiger partial charge in [0.1, 0.15) is 16.9 Å². The second-order valence-corrected chi connectivity index (χ2v) is 6.65. The highest BCUT2D eigenvalue weighted by Crippen LogP contribution is 2.37. The number of hydrogen-bond acceptors (Lipinski definition) is 3. The molecular weight excluding hydrogens is 300 g/mol. The van der Waals surface area contributed by atoms with Gasteiger partial charge in [-0.25, -0.2) is 4.79 Å². The lowest BCUT2D eigenvalue weighted by Gasteiger charge is -2.28. The van der Waals surface area contributed by atoms with Crippen LogP contribution in [0.1, 0.15) is 25.0 Å². The van der Waals surface area contributed by atoms with Crippen molar-refractivity contribution in [3.63, 3.8) is 0 Å². The van der Waals surface area contributed by atoms with Crippen LogP contribution in [-0.2, 0) is 0 Å². The molecule has 3 aromatic rings. The zero-order chi connectivity index (χ0) is 16.9. The van der Waals surface area contributed by atoms with Crippen molar-refractivity contribution in [2.45, 2.75) is 26.4 Å². The molecule has 24 heavy (non-hydrogen) atoms. The van der Waals surface area contributed by atoms with Crippen molar-refractivity contribution in [3.8, 4) is 16.9 Å². The van der Waals surface area contributed by atoms with Crippen molar-refractivity contribution >= 4 is 17.0 Å². The zero-order valence-electron chi connectivity index (χ0n) is 13.9. The molecule has 2 aromatic carbocycles. The Bertz CT molecular complexity index is 1020. The quantitative estimate of drug-likeness (QED) is 0.596. The molecule has 0 fully saturated rings. The zero-order valence-corrected chi connectivity index (χ0v) is 13.9. The van der Waals surface area contributed by atoms with Gasteiger partial charge in [0.25, 0.3) is 0 Å². The van der Waals surface area contributed by atoms with Crippen LogP contribution in [0.5, 0.6) is 5.75 Å². The van der Waals surface area contributed by atoms with E-state index in [-0.39, 0.29) is 11.2 Å². The van der Waals surface area contributed by atoms with E-state index in [1.54, 1.807) is 0 Å². The molecule has 0 saturated heterocycles. The van der Waals surface area contributed by atoms with Crippen molar-refractivity contribution in [1.82, 2.24) is 0 Å². The fourth-order valence-corrected chi connectivity index (χ4v) is 3.21. The first kappa shape index (κ1) is 14.8. The first-order valence-corrected chi connectivity index (χ1v) is 8.00. The van der Waals surface area contributed by atoms with E-state index >= 15 is 0 Å². The predicted octanol–water partition coefficient (Wildman–Crippen LogP) is 4.95. The average molecular weight is 318 g/mol. The fraction of sp³-hybridized carbons (Fsp3) is 0.190. The van der Waals surface area contributed by atoms with Gasteiger partial charge in [-0.05, 0) is 56.2 Å². The van der Waals surface area contributed by atoms with E-state index in [4.69, 9.17) is 9.15 Å². The Hall–Kier alpha value is -2.81. The fourth-order valence-electron chi connectivity index (χ4n) is 3.21. The molecule has 3 nitrogen and oxygen atoms in total. The lowest BCUT2D eigenvalue weighted by atomic mass is 9.96. The van der Waals surface area contributed by atoms with Gasteiger partial charge in [0.15, 0.2) is 0 Å². The van der Waals surface area contributed by atoms with Gasteiger partial charge < -0.3 is 9.15 Å². The van der Waals surface area contributed by atoms with Crippen molar-refractivity contribution in [2.75, 3.05) is 0 Å². The van der Waals surface area contributed by atoms with Gasteiger partial charge >= 0.3 is 5.63 Å². The summed E-state index contributed by atoms with van der Waals surface area (Å²) in [6, 6.07) is 13.5. The highest BCUT2D eigenvalue weighted by atomic mass is 16.5. The summed E-state index contributed by atoms with van der Waals surface area (Å²) < 4.78 is 11.7. The molecule has 1 aliphatic heterocycles. The van der Waals surface area contributed by atoms with Crippen molar-refractivity contribution < 1.29 is 9.15 Å². The summed E-state index contributed by atoms with van der Waals surface area (Å²) >= 11 is 0. The largest absolute Gasteiger partial charge is 0.483 e. The number of fused-ring (bicyclic) bond motifs is 3. The summed E-state index contributed by atoms with van der Waals surface area (Å²) in [5.41, 5.74) is 3.14. The van der Waals surface area contributed by atoms with Crippen LogP contribution in [0.3, 0.4) is 0 Å². The molecule has 0 spiro atoms. The Morgan fingerprint density at radius 1 is 1.00 bits per heavy atom. The number of rotatable bonds is 1. The summed E-state index contributed by atoms with van der Waals surface area (Å²) in [7, 11) is 0. The third-order valence-corrected chi connectivity index (χ3v) is 4.42. The average Bonchev–Trinajstić information content (AvgIpc) is 2.54.